The zero-order valence-corrected chi connectivity index (χ0v) is 13.2. The number of aryl methyl sites for hydroxylation is 2. The molecule has 1 aliphatic rings. The highest BCUT2D eigenvalue weighted by Gasteiger charge is 2.27. The van der Waals surface area contributed by atoms with E-state index in [1.807, 2.05) is 35.9 Å². The lowest BCUT2D eigenvalue weighted by atomic mass is 9.88. The largest absolute Gasteiger partial charge is 0.360 e. The lowest BCUT2D eigenvalue weighted by molar-refractivity contribution is 0.101. The van der Waals surface area contributed by atoms with E-state index >= 15 is 0 Å². The molecule has 1 N–H and O–H groups in total. The average Bonchev–Trinajstić information content (AvgIpc) is 3.09. The lowest BCUT2D eigenvalue weighted by Crippen LogP contribution is -2.19. The van der Waals surface area contributed by atoms with Gasteiger partial charge in [0.1, 0.15) is 5.76 Å². The van der Waals surface area contributed by atoms with Gasteiger partial charge in [0.05, 0.1) is 11.0 Å². The number of imidazole rings is 1. The quantitative estimate of drug-likeness (QED) is 0.790. The number of carbonyl (C=O) groups is 1. The van der Waals surface area contributed by atoms with Crippen molar-refractivity contribution in [2.24, 2.45) is 13.0 Å². The van der Waals surface area contributed by atoms with Crippen molar-refractivity contribution in [2.45, 2.75) is 26.2 Å². The van der Waals surface area contributed by atoms with Crippen molar-refractivity contribution in [3.63, 3.8) is 0 Å². The third kappa shape index (κ3) is 2.30. The lowest BCUT2D eigenvalue weighted by Gasteiger charge is -2.16. The maximum absolute atomic E-state index is 12.6. The molecule has 0 bridgehead atoms. The maximum Gasteiger partial charge on any atom is 0.280 e. The molecular weight excluding hydrogens is 292 g/mol. The van der Waals surface area contributed by atoms with E-state index in [1.165, 1.54) is 0 Å². The Morgan fingerprint density at radius 3 is 3.04 bits per heavy atom. The Bertz CT molecular complexity index is 893. The summed E-state index contributed by atoms with van der Waals surface area (Å²) in [6.07, 6.45) is 2.77. The molecule has 1 amide bonds. The van der Waals surface area contributed by atoms with Crippen molar-refractivity contribution >= 4 is 22.9 Å². The first kappa shape index (κ1) is 14.0. The highest BCUT2D eigenvalue weighted by molar-refractivity contribution is 6.03. The van der Waals surface area contributed by atoms with Crippen molar-refractivity contribution in [3.8, 4) is 0 Å². The second-order valence-corrected chi connectivity index (χ2v) is 6.22. The number of aromatic nitrogens is 3. The molecule has 2 aromatic heterocycles. The summed E-state index contributed by atoms with van der Waals surface area (Å²) in [6, 6.07) is 7.77. The van der Waals surface area contributed by atoms with E-state index in [-0.39, 0.29) is 5.91 Å². The predicted octanol–water partition coefficient (Wildman–Crippen LogP) is 2.94. The van der Waals surface area contributed by atoms with Crippen molar-refractivity contribution in [2.75, 3.05) is 5.32 Å². The van der Waals surface area contributed by atoms with Crippen LogP contribution in [0.4, 0.5) is 5.95 Å². The van der Waals surface area contributed by atoms with Gasteiger partial charge in [-0.2, -0.15) is 0 Å². The standard InChI is InChI=1S/C17H18N4O2/c1-10-7-8-14-11(9-10)15(20-23-14)16(22)19-17-18-12-5-3-4-6-13(12)21(17)2/h3-6,10H,7-9H2,1-2H3,(H,18,19,22)/t10-/m1/s1. The Balaban J connectivity index is 1.65. The molecule has 0 saturated heterocycles. The minimum absolute atomic E-state index is 0.262. The number of nitrogens with one attached hydrogen (secondary N) is 1. The molecule has 1 atom stereocenters. The van der Waals surface area contributed by atoms with Crippen molar-refractivity contribution in [3.05, 3.63) is 41.3 Å². The van der Waals surface area contributed by atoms with Gasteiger partial charge in [-0.1, -0.05) is 24.2 Å². The van der Waals surface area contributed by atoms with Gasteiger partial charge in [0, 0.05) is 19.0 Å². The molecule has 0 fully saturated rings. The first-order chi connectivity index (χ1) is 11.1. The topological polar surface area (TPSA) is 73.0 Å². The molecule has 4 rings (SSSR count). The molecule has 0 spiro atoms. The third-order valence-electron chi connectivity index (χ3n) is 4.51. The summed E-state index contributed by atoms with van der Waals surface area (Å²) in [4.78, 5) is 17.1. The van der Waals surface area contributed by atoms with Crippen LogP contribution in [0.25, 0.3) is 11.0 Å². The van der Waals surface area contributed by atoms with Crippen LogP contribution in [0.2, 0.25) is 0 Å². The number of para-hydroxylation sites is 2. The number of amides is 1. The number of hydrogen-bond acceptors (Lipinski definition) is 4. The predicted molar refractivity (Wildman–Crippen MR) is 86.4 cm³/mol. The molecule has 118 valence electrons. The van der Waals surface area contributed by atoms with E-state index in [0.717, 1.165) is 41.6 Å². The van der Waals surface area contributed by atoms with Crippen LogP contribution in [-0.4, -0.2) is 20.6 Å². The molecular formula is C17H18N4O2. The minimum atomic E-state index is -0.262. The van der Waals surface area contributed by atoms with Gasteiger partial charge in [-0.05, 0) is 30.9 Å². The summed E-state index contributed by atoms with van der Waals surface area (Å²) in [5.41, 5.74) is 3.15. The van der Waals surface area contributed by atoms with E-state index in [9.17, 15) is 4.79 Å². The third-order valence-corrected chi connectivity index (χ3v) is 4.51. The summed E-state index contributed by atoms with van der Waals surface area (Å²) >= 11 is 0. The fourth-order valence-corrected chi connectivity index (χ4v) is 3.17. The van der Waals surface area contributed by atoms with Gasteiger partial charge < -0.3 is 9.09 Å². The first-order valence-electron chi connectivity index (χ1n) is 7.83. The molecule has 0 unspecified atom stereocenters. The fraction of sp³-hybridized carbons (Fsp3) is 0.353. The SMILES string of the molecule is C[C@@H]1CCc2onc(C(=O)Nc3nc4ccccc4n3C)c2C1. The van der Waals surface area contributed by atoms with E-state index in [2.05, 4.69) is 22.4 Å². The molecule has 6 nitrogen and oxygen atoms in total. The summed E-state index contributed by atoms with van der Waals surface area (Å²) in [6.45, 7) is 2.18. The van der Waals surface area contributed by atoms with Gasteiger partial charge >= 0.3 is 0 Å². The Morgan fingerprint density at radius 2 is 2.22 bits per heavy atom. The molecule has 6 heteroatoms. The first-order valence-corrected chi connectivity index (χ1v) is 7.83. The summed E-state index contributed by atoms with van der Waals surface area (Å²) in [5.74, 6) is 1.64. The second-order valence-electron chi connectivity index (χ2n) is 6.22. The molecule has 1 aromatic carbocycles. The number of hydrogen-bond donors (Lipinski definition) is 1. The highest BCUT2D eigenvalue weighted by atomic mass is 16.5. The van der Waals surface area contributed by atoms with Crippen LogP contribution in [0.3, 0.4) is 0 Å². The van der Waals surface area contributed by atoms with Crippen LogP contribution in [0.15, 0.2) is 28.8 Å². The van der Waals surface area contributed by atoms with Gasteiger partial charge in [-0.15, -0.1) is 0 Å². The van der Waals surface area contributed by atoms with Crippen LogP contribution in [0.1, 0.15) is 35.2 Å². The zero-order chi connectivity index (χ0) is 16.0. The normalized spacial score (nSPS) is 17.2. The van der Waals surface area contributed by atoms with Gasteiger partial charge in [0.15, 0.2) is 5.69 Å². The Labute approximate surface area is 133 Å². The Hall–Kier alpha value is -2.63. The number of benzene rings is 1. The summed E-state index contributed by atoms with van der Waals surface area (Å²) < 4.78 is 7.21. The van der Waals surface area contributed by atoms with Crippen molar-refractivity contribution < 1.29 is 9.32 Å². The molecule has 23 heavy (non-hydrogen) atoms. The van der Waals surface area contributed by atoms with Crippen LogP contribution >= 0.6 is 0 Å². The van der Waals surface area contributed by atoms with E-state index in [4.69, 9.17) is 4.52 Å². The molecule has 2 heterocycles. The highest BCUT2D eigenvalue weighted by Crippen LogP contribution is 2.28. The smallest absolute Gasteiger partial charge is 0.280 e. The van der Waals surface area contributed by atoms with Crippen LogP contribution in [-0.2, 0) is 19.9 Å². The Kier molecular flexibility index (Phi) is 3.18. The molecule has 0 aliphatic heterocycles. The van der Waals surface area contributed by atoms with Crippen LogP contribution < -0.4 is 5.32 Å². The Morgan fingerprint density at radius 1 is 1.39 bits per heavy atom. The average molecular weight is 310 g/mol. The van der Waals surface area contributed by atoms with E-state index in [1.54, 1.807) is 0 Å². The number of carbonyl (C=O) groups excluding carboxylic acids is 1. The summed E-state index contributed by atoms with van der Waals surface area (Å²) in [5, 5.41) is 6.85. The van der Waals surface area contributed by atoms with Gasteiger partial charge in [0.25, 0.3) is 5.91 Å². The van der Waals surface area contributed by atoms with E-state index in [0.29, 0.717) is 17.6 Å². The molecule has 1 aliphatic carbocycles. The van der Waals surface area contributed by atoms with Gasteiger partial charge in [0.2, 0.25) is 5.95 Å². The monoisotopic (exact) mass is 310 g/mol. The molecule has 3 aromatic rings. The molecule has 0 saturated carbocycles. The fourth-order valence-electron chi connectivity index (χ4n) is 3.17. The second kappa shape index (κ2) is 5.22. The van der Waals surface area contributed by atoms with Crippen LogP contribution in [0, 0.1) is 5.92 Å². The number of rotatable bonds is 2. The van der Waals surface area contributed by atoms with Crippen molar-refractivity contribution in [1.82, 2.24) is 14.7 Å². The van der Waals surface area contributed by atoms with Crippen LogP contribution in [0.5, 0.6) is 0 Å². The van der Waals surface area contributed by atoms with Gasteiger partial charge in [-0.3, -0.25) is 10.1 Å². The maximum atomic E-state index is 12.6. The number of nitrogens with zero attached hydrogens (tertiary/aromatic N) is 3. The summed E-state index contributed by atoms with van der Waals surface area (Å²) in [7, 11) is 1.88. The number of fused-ring (bicyclic) bond motifs is 2. The van der Waals surface area contributed by atoms with E-state index < -0.39 is 0 Å². The minimum Gasteiger partial charge on any atom is -0.360 e. The van der Waals surface area contributed by atoms with Crippen molar-refractivity contribution in [1.29, 1.82) is 0 Å². The van der Waals surface area contributed by atoms with Gasteiger partial charge in [-0.25, -0.2) is 4.98 Å². The zero-order valence-electron chi connectivity index (χ0n) is 13.2. The molecule has 0 radical (unpaired) electrons. The number of anilines is 1.